The molecule has 3 aromatic rings. The molecule has 0 saturated carbocycles. The molecular formula is C20H18N2O. The molecule has 0 bridgehead atoms. The summed E-state index contributed by atoms with van der Waals surface area (Å²) in [6.45, 7) is 1.16. The summed E-state index contributed by atoms with van der Waals surface area (Å²) in [5.41, 5.74) is 2.89. The minimum atomic E-state index is 0.0140. The van der Waals surface area contributed by atoms with Gasteiger partial charge in [0, 0.05) is 31.0 Å². The summed E-state index contributed by atoms with van der Waals surface area (Å²) >= 11 is 0. The number of hydrogen-bond acceptors (Lipinski definition) is 2. The highest BCUT2D eigenvalue weighted by molar-refractivity contribution is 5.94. The fourth-order valence-corrected chi connectivity index (χ4v) is 2.48. The second-order valence-corrected chi connectivity index (χ2v) is 5.37. The minimum absolute atomic E-state index is 0.0140. The molecule has 2 aromatic carbocycles. The van der Waals surface area contributed by atoms with Crippen LogP contribution in [0.3, 0.4) is 0 Å². The first-order chi connectivity index (χ1) is 11.3. The van der Waals surface area contributed by atoms with Crippen molar-refractivity contribution in [1.82, 2.24) is 9.88 Å². The Morgan fingerprint density at radius 2 is 1.22 bits per heavy atom. The van der Waals surface area contributed by atoms with Crippen molar-refractivity contribution in [2.24, 2.45) is 0 Å². The lowest BCUT2D eigenvalue weighted by molar-refractivity contribution is 0.0730. The van der Waals surface area contributed by atoms with E-state index in [1.54, 1.807) is 24.5 Å². The lowest BCUT2D eigenvalue weighted by Gasteiger charge is -2.23. The fraction of sp³-hybridized carbons (Fsp3) is 0.100. The Bertz CT molecular complexity index is 701. The highest BCUT2D eigenvalue weighted by Gasteiger charge is 2.16. The lowest BCUT2D eigenvalue weighted by atomic mass is 10.1. The van der Waals surface area contributed by atoms with E-state index in [0.717, 1.165) is 11.1 Å². The first-order valence-electron chi connectivity index (χ1n) is 7.60. The molecule has 0 aliphatic rings. The lowest BCUT2D eigenvalue weighted by Crippen LogP contribution is -2.30. The van der Waals surface area contributed by atoms with Crippen molar-refractivity contribution in [1.29, 1.82) is 0 Å². The third kappa shape index (κ3) is 4.04. The second kappa shape index (κ2) is 7.36. The molecule has 0 radical (unpaired) electrons. The Balaban J connectivity index is 1.85. The van der Waals surface area contributed by atoms with E-state index in [1.807, 2.05) is 65.6 Å². The van der Waals surface area contributed by atoms with E-state index in [4.69, 9.17) is 0 Å². The van der Waals surface area contributed by atoms with E-state index in [9.17, 15) is 4.79 Å². The molecule has 1 heterocycles. The molecule has 1 aromatic heterocycles. The first kappa shape index (κ1) is 15.0. The molecule has 0 aliphatic heterocycles. The van der Waals surface area contributed by atoms with Crippen molar-refractivity contribution in [2.45, 2.75) is 13.1 Å². The molecule has 0 aliphatic carbocycles. The quantitative estimate of drug-likeness (QED) is 0.715. The van der Waals surface area contributed by atoms with Crippen LogP contribution in [0.5, 0.6) is 0 Å². The number of carbonyl (C=O) groups is 1. The largest absolute Gasteiger partial charge is 0.330 e. The van der Waals surface area contributed by atoms with Gasteiger partial charge in [0.15, 0.2) is 0 Å². The number of aromatic nitrogens is 1. The van der Waals surface area contributed by atoms with Gasteiger partial charge in [0.2, 0.25) is 0 Å². The maximum absolute atomic E-state index is 12.9. The Morgan fingerprint density at radius 3 is 1.70 bits per heavy atom. The number of rotatable bonds is 5. The van der Waals surface area contributed by atoms with Crippen molar-refractivity contribution >= 4 is 5.91 Å². The summed E-state index contributed by atoms with van der Waals surface area (Å²) < 4.78 is 0. The van der Waals surface area contributed by atoms with Crippen LogP contribution in [0.15, 0.2) is 85.2 Å². The molecule has 0 atom stereocenters. The standard InChI is InChI=1S/C20H18N2O/c23-20(19-11-13-21-14-12-19)22(15-17-7-3-1-4-8-17)16-18-9-5-2-6-10-18/h1-14H,15-16H2. The predicted molar refractivity (Wildman–Crippen MR) is 90.7 cm³/mol. The van der Waals surface area contributed by atoms with E-state index in [-0.39, 0.29) is 5.91 Å². The van der Waals surface area contributed by atoms with Gasteiger partial charge in [-0.3, -0.25) is 9.78 Å². The van der Waals surface area contributed by atoms with Crippen LogP contribution in [0.2, 0.25) is 0 Å². The van der Waals surface area contributed by atoms with Gasteiger partial charge in [0.25, 0.3) is 5.91 Å². The maximum Gasteiger partial charge on any atom is 0.254 e. The zero-order valence-corrected chi connectivity index (χ0v) is 12.8. The minimum Gasteiger partial charge on any atom is -0.330 e. The number of hydrogen-bond donors (Lipinski definition) is 0. The molecular weight excluding hydrogens is 284 g/mol. The zero-order valence-electron chi connectivity index (χ0n) is 12.8. The van der Waals surface area contributed by atoms with E-state index in [2.05, 4.69) is 4.98 Å². The van der Waals surface area contributed by atoms with Crippen molar-refractivity contribution in [3.63, 3.8) is 0 Å². The van der Waals surface area contributed by atoms with Gasteiger partial charge in [-0.2, -0.15) is 0 Å². The van der Waals surface area contributed by atoms with Gasteiger partial charge in [-0.05, 0) is 23.3 Å². The molecule has 3 heteroatoms. The van der Waals surface area contributed by atoms with E-state index >= 15 is 0 Å². The molecule has 1 amide bonds. The SMILES string of the molecule is O=C(c1ccncc1)N(Cc1ccccc1)Cc1ccccc1. The smallest absolute Gasteiger partial charge is 0.254 e. The third-order valence-corrected chi connectivity index (χ3v) is 3.65. The van der Waals surface area contributed by atoms with Gasteiger partial charge in [-0.15, -0.1) is 0 Å². The highest BCUT2D eigenvalue weighted by atomic mass is 16.2. The Hall–Kier alpha value is -2.94. The average Bonchev–Trinajstić information content (AvgIpc) is 2.63. The zero-order chi connectivity index (χ0) is 15.9. The summed E-state index contributed by atoms with van der Waals surface area (Å²) in [7, 11) is 0. The molecule has 0 spiro atoms. The van der Waals surface area contributed by atoms with Crippen molar-refractivity contribution in [3.8, 4) is 0 Å². The molecule has 0 unspecified atom stereocenters. The van der Waals surface area contributed by atoms with Crippen LogP contribution >= 0.6 is 0 Å². The van der Waals surface area contributed by atoms with Crippen LogP contribution in [0.1, 0.15) is 21.5 Å². The Labute approximate surface area is 136 Å². The van der Waals surface area contributed by atoms with Gasteiger partial charge in [-0.25, -0.2) is 0 Å². The summed E-state index contributed by atoms with van der Waals surface area (Å²) in [6.07, 6.45) is 3.30. The van der Waals surface area contributed by atoms with Gasteiger partial charge in [-0.1, -0.05) is 60.7 Å². The van der Waals surface area contributed by atoms with Gasteiger partial charge in [0.05, 0.1) is 0 Å². The summed E-state index contributed by atoms with van der Waals surface area (Å²) in [4.78, 5) is 18.7. The highest BCUT2D eigenvalue weighted by Crippen LogP contribution is 2.14. The third-order valence-electron chi connectivity index (χ3n) is 3.65. The second-order valence-electron chi connectivity index (χ2n) is 5.37. The normalized spacial score (nSPS) is 10.3. The van der Waals surface area contributed by atoms with Crippen LogP contribution in [0.4, 0.5) is 0 Å². The molecule has 114 valence electrons. The van der Waals surface area contributed by atoms with Crippen molar-refractivity contribution in [2.75, 3.05) is 0 Å². The molecule has 0 N–H and O–H groups in total. The van der Waals surface area contributed by atoms with Crippen LogP contribution in [0.25, 0.3) is 0 Å². The predicted octanol–water partition coefficient (Wildman–Crippen LogP) is 3.92. The van der Waals surface area contributed by atoms with Crippen LogP contribution in [-0.4, -0.2) is 15.8 Å². The average molecular weight is 302 g/mol. The number of carbonyl (C=O) groups excluding carboxylic acids is 1. The molecule has 0 fully saturated rings. The Morgan fingerprint density at radius 1 is 0.739 bits per heavy atom. The Kier molecular flexibility index (Phi) is 4.79. The summed E-state index contributed by atoms with van der Waals surface area (Å²) in [6, 6.07) is 23.6. The van der Waals surface area contributed by atoms with E-state index < -0.39 is 0 Å². The molecule has 0 saturated heterocycles. The molecule has 3 rings (SSSR count). The van der Waals surface area contributed by atoms with Crippen molar-refractivity contribution in [3.05, 3.63) is 102 Å². The fourth-order valence-electron chi connectivity index (χ4n) is 2.48. The number of nitrogens with zero attached hydrogens (tertiary/aromatic N) is 2. The van der Waals surface area contributed by atoms with Gasteiger partial charge < -0.3 is 4.90 Å². The summed E-state index contributed by atoms with van der Waals surface area (Å²) in [5, 5.41) is 0. The molecule has 3 nitrogen and oxygen atoms in total. The monoisotopic (exact) mass is 302 g/mol. The first-order valence-corrected chi connectivity index (χ1v) is 7.60. The number of amides is 1. The topological polar surface area (TPSA) is 33.2 Å². The van der Waals surface area contributed by atoms with Crippen LogP contribution < -0.4 is 0 Å². The maximum atomic E-state index is 12.9. The van der Waals surface area contributed by atoms with Crippen molar-refractivity contribution < 1.29 is 4.79 Å². The number of benzene rings is 2. The summed E-state index contributed by atoms with van der Waals surface area (Å²) in [5.74, 6) is 0.0140. The van der Waals surface area contributed by atoms with E-state index in [0.29, 0.717) is 18.7 Å². The van der Waals surface area contributed by atoms with Crippen LogP contribution in [-0.2, 0) is 13.1 Å². The molecule has 23 heavy (non-hydrogen) atoms. The van der Waals surface area contributed by atoms with E-state index in [1.165, 1.54) is 0 Å². The van der Waals surface area contributed by atoms with Crippen LogP contribution in [0, 0.1) is 0 Å². The number of pyridine rings is 1. The van der Waals surface area contributed by atoms with Gasteiger partial charge in [0.1, 0.15) is 0 Å². The van der Waals surface area contributed by atoms with Gasteiger partial charge >= 0.3 is 0 Å².